The molecule has 0 unspecified atom stereocenters. The fourth-order valence-electron chi connectivity index (χ4n) is 1.45. The van der Waals surface area contributed by atoms with E-state index in [0.717, 1.165) is 0 Å². The molecule has 0 saturated heterocycles. The van der Waals surface area contributed by atoms with E-state index in [-0.39, 0.29) is 0 Å². The summed E-state index contributed by atoms with van der Waals surface area (Å²) >= 11 is 0. The normalized spacial score (nSPS) is 9.11. The molecular weight excluding hydrogens is 216 g/mol. The summed E-state index contributed by atoms with van der Waals surface area (Å²) in [7, 11) is 0. The first-order valence-electron chi connectivity index (χ1n) is 7.74. The lowest BCUT2D eigenvalue weighted by Crippen LogP contribution is -1.89. The van der Waals surface area contributed by atoms with Crippen molar-refractivity contribution in [3.05, 3.63) is 35.4 Å². The zero-order valence-corrected chi connectivity index (χ0v) is 13.7. The molecule has 18 heavy (non-hydrogen) atoms. The molecule has 0 aliphatic heterocycles. The van der Waals surface area contributed by atoms with Crippen LogP contribution >= 0.6 is 0 Å². The maximum absolute atomic E-state index is 2.27. The Kier molecular flexibility index (Phi) is 15.5. The predicted molar refractivity (Wildman–Crippen MR) is 86.5 cm³/mol. The van der Waals surface area contributed by atoms with E-state index in [9.17, 15) is 0 Å². The minimum atomic E-state index is 0.653. The third kappa shape index (κ3) is 10.4. The Morgan fingerprint density at radius 1 is 0.889 bits per heavy atom. The van der Waals surface area contributed by atoms with E-state index in [4.69, 9.17) is 0 Å². The van der Waals surface area contributed by atoms with Gasteiger partial charge in [0.2, 0.25) is 0 Å². The number of unbranched alkanes of at least 4 members (excludes halogenated alkanes) is 1. The van der Waals surface area contributed by atoms with E-state index in [0.29, 0.717) is 5.92 Å². The summed E-state index contributed by atoms with van der Waals surface area (Å²) in [5.74, 6) is 0.653. The molecule has 1 rings (SSSR count). The summed E-state index contributed by atoms with van der Waals surface area (Å²) in [5, 5.41) is 0. The Balaban J connectivity index is 0. The van der Waals surface area contributed by atoms with Gasteiger partial charge in [0.05, 0.1) is 0 Å². The van der Waals surface area contributed by atoms with Crippen LogP contribution in [0.5, 0.6) is 0 Å². The number of aryl methyl sites for hydroxylation is 1. The molecule has 0 aliphatic rings. The van der Waals surface area contributed by atoms with Gasteiger partial charge in [0.1, 0.15) is 0 Å². The highest BCUT2D eigenvalue weighted by atomic mass is 14.0. The Bertz CT molecular complexity index is 243. The molecule has 106 valence electrons. The number of benzene rings is 1. The lowest BCUT2D eigenvalue weighted by Gasteiger charge is -2.06. The van der Waals surface area contributed by atoms with Gasteiger partial charge in [0.25, 0.3) is 0 Å². The van der Waals surface area contributed by atoms with Crippen molar-refractivity contribution in [2.75, 3.05) is 0 Å². The third-order valence-corrected chi connectivity index (χ3v) is 2.47. The van der Waals surface area contributed by atoms with Crippen molar-refractivity contribution in [3.8, 4) is 0 Å². The second kappa shape index (κ2) is 14.3. The van der Waals surface area contributed by atoms with Gasteiger partial charge in [0.15, 0.2) is 0 Å². The molecule has 0 bridgehead atoms. The van der Waals surface area contributed by atoms with Gasteiger partial charge < -0.3 is 0 Å². The third-order valence-electron chi connectivity index (χ3n) is 2.47. The van der Waals surface area contributed by atoms with Gasteiger partial charge in [-0.15, -0.1) is 0 Å². The standard InChI is InChI=1S/C13H20.C3H8.C2H6/c1-4-5-6-12-7-9-13(10-8-12)11(2)3;1-3-2;1-2/h7-11H,4-6H2,1-3H3;3H2,1-2H3;1-2H3. The van der Waals surface area contributed by atoms with Crippen LogP contribution in [0.1, 0.15) is 84.8 Å². The maximum Gasteiger partial charge on any atom is -0.0219 e. The highest BCUT2D eigenvalue weighted by Crippen LogP contribution is 2.15. The van der Waals surface area contributed by atoms with Crippen molar-refractivity contribution in [3.63, 3.8) is 0 Å². The quantitative estimate of drug-likeness (QED) is 0.565. The molecule has 0 heterocycles. The fourth-order valence-corrected chi connectivity index (χ4v) is 1.45. The number of rotatable bonds is 4. The Morgan fingerprint density at radius 2 is 1.33 bits per heavy atom. The summed E-state index contributed by atoms with van der Waals surface area (Å²) in [6, 6.07) is 9.06. The van der Waals surface area contributed by atoms with Gasteiger partial charge in [-0.2, -0.15) is 0 Å². The van der Waals surface area contributed by atoms with E-state index in [1.807, 2.05) is 13.8 Å². The van der Waals surface area contributed by atoms with Crippen LogP contribution in [0.25, 0.3) is 0 Å². The van der Waals surface area contributed by atoms with Crippen molar-refractivity contribution in [2.24, 2.45) is 0 Å². The van der Waals surface area contributed by atoms with Crippen molar-refractivity contribution < 1.29 is 0 Å². The first-order valence-corrected chi connectivity index (χ1v) is 7.74. The molecule has 1 aromatic carbocycles. The van der Waals surface area contributed by atoms with Crippen molar-refractivity contribution in [1.29, 1.82) is 0 Å². The lowest BCUT2D eigenvalue weighted by atomic mass is 10.00. The monoisotopic (exact) mass is 250 g/mol. The molecular formula is C18H34. The molecule has 0 nitrogen and oxygen atoms in total. The van der Waals surface area contributed by atoms with Crippen LogP contribution in [-0.4, -0.2) is 0 Å². The van der Waals surface area contributed by atoms with Crippen LogP contribution in [0, 0.1) is 0 Å². The average Bonchev–Trinajstić information content (AvgIpc) is 2.40. The minimum absolute atomic E-state index is 0.653. The Morgan fingerprint density at radius 3 is 1.67 bits per heavy atom. The van der Waals surface area contributed by atoms with Gasteiger partial charge in [-0.3, -0.25) is 0 Å². The lowest BCUT2D eigenvalue weighted by molar-refractivity contribution is 0.793. The van der Waals surface area contributed by atoms with Crippen molar-refractivity contribution >= 4 is 0 Å². The second-order valence-electron chi connectivity index (χ2n) is 4.71. The zero-order chi connectivity index (χ0) is 14.4. The predicted octanol–water partition coefficient (Wildman–Crippen LogP) is 6.60. The smallest absolute Gasteiger partial charge is 0.0219 e. The van der Waals surface area contributed by atoms with Gasteiger partial charge >= 0.3 is 0 Å². The molecule has 0 aliphatic carbocycles. The SMILES string of the molecule is CC.CCC.CCCCc1ccc(C(C)C)cc1. The minimum Gasteiger partial charge on any atom is -0.0683 e. The van der Waals surface area contributed by atoms with Crippen molar-refractivity contribution in [2.45, 2.75) is 80.1 Å². The zero-order valence-electron chi connectivity index (χ0n) is 13.7. The largest absolute Gasteiger partial charge is 0.0683 e. The molecule has 0 N–H and O–H groups in total. The summed E-state index contributed by atoms with van der Waals surface area (Å²) < 4.78 is 0. The van der Waals surface area contributed by atoms with E-state index in [2.05, 4.69) is 58.9 Å². The van der Waals surface area contributed by atoms with Crippen LogP contribution < -0.4 is 0 Å². The van der Waals surface area contributed by atoms with Crippen LogP contribution in [0.2, 0.25) is 0 Å². The summed E-state index contributed by atoms with van der Waals surface area (Å²) in [6.45, 7) is 15.0. The molecule has 0 radical (unpaired) electrons. The molecule has 0 saturated carbocycles. The molecule has 1 aromatic rings. The molecule has 0 amide bonds. The van der Waals surface area contributed by atoms with Crippen LogP contribution in [0.3, 0.4) is 0 Å². The highest BCUT2D eigenvalue weighted by Gasteiger charge is 1.98. The second-order valence-corrected chi connectivity index (χ2v) is 4.71. The highest BCUT2D eigenvalue weighted by molar-refractivity contribution is 5.24. The van der Waals surface area contributed by atoms with E-state index >= 15 is 0 Å². The topological polar surface area (TPSA) is 0 Å². The number of hydrogen-bond donors (Lipinski definition) is 0. The van der Waals surface area contributed by atoms with Crippen molar-refractivity contribution in [1.82, 2.24) is 0 Å². The van der Waals surface area contributed by atoms with E-state index in [1.54, 1.807) is 0 Å². The van der Waals surface area contributed by atoms with Crippen LogP contribution in [0.4, 0.5) is 0 Å². The van der Waals surface area contributed by atoms with Gasteiger partial charge in [0, 0.05) is 0 Å². The number of hydrogen-bond acceptors (Lipinski definition) is 0. The van der Waals surface area contributed by atoms with E-state index in [1.165, 1.54) is 36.8 Å². The summed E-state index contributed by atoms with van der Waals surface area (Å²) in [4.78, 5) is 0. The van der Waals surface area contributed by atoms with Gasteiger partial charge in [-0.1, -0.05) is 85.6 Å². The maximum atomic E-state index is 2.27. The summed E-state index contributed by atoms with van der Waals surface area (Å²) in [5.41, 5.74) is 2.92. The van der Waals surface area contributed by atoms with Gasteiger partial charge in [-0.25, -0.2) is 0 Å². The van der Waals surface area contributed by atoms with Gasteiger partial charge in [-0.05, 0) is 29.9 Å². The fraction of sp³-hybridized carbons (Fsp3) is 0.667. The molecule has 0 aromatic heterocycles. The first-order chi connectivity index (χ1) is 8.65. The molecule has 0 heteroatoms. The Labute approximate surface area is 116 Å². The molecule has 0 fully saturated rings. The summed E-state index contributed by atoms with van der Waals surface area (Å²) in [6.07, 6.45) is 5.07. The van der Waals surface area contributed by atoms with E-state index < -0.39 is 0 Å². The molecule has 0 atom stereocenters. The van der Waals surface area contributed by atoms with Crippen LogP contribution in [0.15, 0.2) is 24.3 Å². The Hall–Kier alpha value is -0.780. The first kappa shape index (κ1) is 19.6. The average molecular weight is 250 g/mol. The van der Waals surface area contributed by atoms with Crippen LogP contribution in [-0.2, 0) is 6.42 Å². The molecule has 0 spiro atoms.